The first-order valence-electron chi connectivity index (χ1n) is 3.35. The minimum absolute atomic E-state index is 0.144. The molecule has 0 spiro atoms. The van der Waals surface area contributed by atoms with Gasteiger partial charge < -0.3 is 0 Å². The van der Waals surface area contributed by atoms with Crippen molar-refractivity contribution in [3.05, 3.63) is 30.3 Å². The second-order valence-electron chi connectivity index (χ2n) is 2.14. The zero-order chi connectivity index (χ0) is 8.32. The first kappa shape index (κ1) is 8.27. The Labute approximate surface area is 66.8 Å². The van der Waals surface area contributed by atoms with Crippen LogP contribution >= 0.6 is 0 Å². The van der Waals surface area contributed by atoms with Crippen LogP contribution in [0.4, 0.5) is 0 Å². The summed E-state index contributed by atoms with van der Waals surface area (Å²) >= 11 is 0. The maximum absolute atomic E-state index is 11.2. The fourth-order valence-electron chi connectivity index (χ4n) is 0.737. The van der Waals surface area contributed by atoms with Crippen LogP contribution < -0.4 is 0 Å². The molecule has 1 aromatic rings. The van der Waals surface area contributed by atoms with E-state index in [9.17, 15) is 8.42 Å². The minimum atomic E-state index is -3.03. The summed E-state index contributed by atoms with van der Waals surface area (Å²) in [6.45, 7) is 1.63. The summed E-state index contributed by atoms with van der Waals surface area (Å²) in [6.07, 6.45) is 0. The van der Waals surface area contributed by atoms with Crippen LogP contribution in [-0.4, -0.2) is 14.2 Å². The van der Waals surface area contributed by atoms with Crippen molar-refractivity contribution in [2.45, 2.75) is 11.8 Å². The highest BCUT2D eigenvalue weighted by molar-refractivity contribution is 7.91. The molecule has 0 aliphatic heterocycles. The number of hydrogen-bond acceptors (Lipinski definition) is 2. The molecule has 0 saturated carbocycles. The first-order chi connectivity index (χ1) is 5.17. The highest BCUT2D eigenvalue weighted by Crippen LogP contribution is 2.08. The lowest BCUT2D eigenvalue weighted by Crippen LogP contribution is -2.02. The summed E-state index contributed by atoms with van der Waals surface area (Å²) in [5.41, 5.74) is 0. The molecule has 3 heteroatoms. The lowest BCUT2D eigenvalue weighted by atomic mass is 10.4. The Balaban J connectivity index is 3.14. The van der Waals surface area contributed by atoms with Crippen LogP contribution in [0.15, 0.2) is 29.2 Å². The number of rotatable bonds is 2. The average molecular weight is 169 g/mol. The summed E-state index contributed by atoms with van der Waals surface area (Å²) in [6, 6.07) is 9.13. The summed E-state index contributed by atoms with van der Waals surface area (Å²) in [5, 5.41) is 0. The third-order valence-corrected chi connectivity index (χ3v) is 3.15. The predicted molar refractivity (Wildman–Crippen MR) is 43.0 cm³/mol. The van der Waals surface area contributed by atoms with Gasteiger partial charge in [0.15, 0.2) is 9.84 Å². The van der Waals surface area contributed by atoms with Gasteiger partial charge in [0.25, 0.3) is 0 Å². The maximum Gasteiger partial charge on any atom is 0.178 e. The van der Waals surface area contributed by atoms with Crippen molar-refractivity contribution in [1.29, 1.82) is 0 Å². The minimum Gasteiger partial charge on any atom is -0.224 e. The van der Waals surface area contributed by atoms with E-state index < -0.39 is 9.84 Å². The molecule has 0 amide bonds. The number of benzene rings is 1. The van der Waals surface area contributed by atoms with Gasteiger partial charge in [-0.25, -0.2) is 8.42 Å². The van der Waals surface area contributed by atoms with Crippen molar-refractivity contribution in [1.82, 2.24) is 0 Å². The first-order valence-corrected chi connectivity index (χ1v) is 5.01. The van der Waals surface area contributed by atoms with Gasteiger partial charge in [0.2, 0.25) is 0 Å². The van der Waals surface area contributed by atoms with Gasteiger partial charge in [-0.1, -0.05) is 19.1 Å². The summed E-state index contributed by atoms with van der Waals surface area (Å²) in [4.78, 5) is 0.350. The van der Waals surface area contributed by atoms with Crippen molar-refractivity contribution in [2.75, 3.05) is 5.75 Å². The Hall–Kier alpha value is -0.830. The summed E-state index contributed by atoms with van der Waals surface area (Å²) in [7, 11) is -3.03. The van der Waals surface area contributed by atoms with Crippen LogP contribution in [0, 0.1) is 6.07 Å². The fraction of sp³-hybridized carbons (Fsp3) is 0.250. The largest absolute Gasteiger partial charge is 0.224 e. The molecule has 1 aromatic carbocycles. The molecule has 0 bridgehead atoms. The molecule has 11 heavy (non-hydrogen) atoms. The monoisotopic (exact) mass is 169 g/mol. The predicted octanol–water partition coefficient (Wildman–Crippen LogP) is 1.28. The molecule has 0 atom stereocenters. The van der Waals surface area contributed by atoms with Gasteiger partial charge in [0.05, 0.1) is 10.6 Å². The third kappa shape index (κ3) is 1.80. The molecule has 0 aliphatic carbocycles. The van der Waals surface area contributed by atoms with E-state index in [-0.39, 0.29) is 5.75 Å². The van der Waals surface area contributed by atoms with E-state index in [1.165, 1.54) is 6.07 Å². The molecule has 0 aromatic heterocycles. The molecular formula is C8H9O2S. The molecule has 0 saturated heterocycles. The summed E-state index contributed by atoms with van der Waals surface area (Å²) < 4.78 is 22.4. The lowest BCUT2D eigenvalue weighted by molar-refractivity contribution is 0.597. The maximum atomic E-state index is 11.2. The quantitative estimate of drug-likeness (QED) is 0.668. The second kappa shape index (κ2) is 3.05. The van der Waals surface area contributed by atoms with Gasteiger partial charge in [-0.05, 0) is 18.2 Å². The van der Waals surface area contributed by atoms with Crippen molar-refractivity contribution in [3.8, 4) is 0 Å². The zero-order valence-corrected chi connectivity index (χ0v) is 7.06. The summed E-state index contributed by atoms with van der Waals surface area (Å²) in [5.74, 6) is 0.144. The standard InChI is InChI=1S/C8H9O2S/c1-2-11(9,10)8-6-4-3-5-7-8/h3-4,6-7H,2H2,1H3. The van der Waals surface area contributed by atoms with E-state index in [1.807, 2.05) is 0 Å². The van der Waals surface area contributed by atoms with E-state index in [1.54, 1.807) is 25.1 Å². The van der Waals surface area contributed by atoms with Crippen LogP contribution in [0.5, 0.6) is 0 Å². The van der Waals surface area contributed by atoms with Gasteiger partial charge >= 0.3 is 0 Å². The molecule has 0 aliphatic rings. The number of sulfone groups is 1. The molecule has 0 fully saturated rings. The molecule has 0 N–H and O–H groups in total. The van der Waals surface area contributed by atoms with E-state index in [4.69, 9.17) is 0 Å². The van der Waals surface area contributed by atoms with E-state index >= 15 is 0 Å². The van der Waals surface area contributed by atoms with Gasteiger partial charge in [-0.2, -0.15) is 0 Å². The highest BCUT2D eigenvalue weighted by Gasteiger charge is 2.08. The molecule has 1 radical (unpaired) electrons. The van der Waals surface area contributed by atoms with Crippen LogP contribution in [0.2, 0.25) is 0 Å². The Morgan fingerprint density at radius 3 is 2.73 bits per heavy atom. The Kier molecular flexibility index (Phi) is 2.29. The van der Waals surface area contributed by atoms with E-state index in [0.717, 1.165) is 0 Å². The van der Waals surface area contributed by atoms with Crippen molar-refractivity contribution in [2.24, 2.45) is 0 Å². The van der Waals surface area contributed by atoms with Crippen LogP contribution in [-0.2, 0) is 9.84 Å². The van der Waals surface area contributed by atoms with E-state index in [2.05, 4.69) is 6.07 Å². The van der Waals surface area contributed by atoms with Crippen molar-refractivity contribution in [3.63, 3.8) is 0 Å². The van der Waals surface area contributed by atoms with E-state index in [0.29, 0.717) is 4.90 Å². The molecule has 0 unspecified atom stereocenters. The van der Waals surface area contributed by atoms with Crippen molar-refractivity contribution < 1.29 is 8.42 Å². The molecule has 2 nitrogen and oxygen atoms in total. The van der Waals surface area contributed by atoms with Gasteiger partial charge in [0.1, 0.15) is 0 Å². The van der Waals surface area contributed by atoms with Crippen molar-refractivity contribution >= 4 is 9.84 Å². The normalized spacial score (nSPS) is 11.4. The number of hydrogen-bond donors (Lipinski definition) is 0. The topological polar surface area (TPSA) is 34.1 Å². The lowest BCUT2D eigenvalue weighted by Gasteiger charge is -1.97. The fourth-order valence-corrected chi connectivity index (χ4v) is 1.60. The van der Waals surface area contributed by atoms with Crippen LogP contribution in [0.1, 0.15) is 6.92 Å². The van der Waals surface area contributed by atoms with Gasteiger partial charge in [-0.15, -0.1) is 0 Å². The Morgan fingerprint density at radius 2 is 2.27 bits per heavy atom. The SMILES string of the molecule is CCS(=O)(=O)c1c[c]ccc1. The van der Waals surface area contributed by atoms with Gasteiger partial charge in [0, 0.05) is 0 Å². The smallest absolute Gasteiger partial charge is 0.178 e. The Morgan fingerprint density at radius 1 is 1.55 bits per heavy atom. The zero-order valence-electron chi connectivity index (χ0n) is 6.24. The molecule has 0 heterocycles. The molecular weight excluding hydrogens is 160 g/mol. The Bertz CT molecular complexity index is 313. The van der Waals surface area contributed by atoms with Crippen LogP contribution in [0.25, 0.3) is 0 Å². The molecule has 1 rings (SSSR count). The second-order valence-corrected chi connectivity index (χ2v) is 4.42. The van der Waals surface area contributed by atoms with Crippen LogP contribution in [0.3, 0.4) is 0 Å². The third-order valence-electron chi connectivity index (χ3n) is 1.42. The van der Waals surface area contributed by atoms with Gasteiger partial charge in [-0.3, -0.25) is 0 Å². The average Bonchev–Trinajstić information content (AvgIpc) is 2.06. The molecule has 59 valence electrons. The highest BCUT2D eigenvalue weighted by atomic mass is 32.2.